The molecule has 0 aromatic heterocycles. The van der Waals surface area contributed by atoms with Crippen LogP contribution in [0.4, 0.5) is 0 Å². The number of nitrogens with one attached hydrogen (secondary N) is 2. The van der Waals surface area contributed by atoms with E-state index in [-0.39, 0.29) is 48.3 Å². The van der Waals surface area contributed by atoms with Crippen LogP contribution in [-0.4, -0.2) is 140 Å². The SMILES string of the molecule is CC[C@H](C)[C@@H]([C@@H](CC(=O)N1CCCC1[C@H](OC)[C@@H](C)C(=O)NC(Cc1ccccc1)C(=O)O)OC)N(C)C(=O)C(NC(=O)C(C(C)C)N(C)CCN)C(C)C. The van der Waals surface area contributed by atoms with E-state index in [1.165, 1.54) is 14.2 Å². The second kappa shape index (κ2) is 22.8. The van der Waals surface area contributed by atoms with Gasteiger partial charge in [-0.25, -0.2) is 4.79 Å². The highest BCUT2D eigenvalue weighted by Crippen LogP contribution is 2.30. The maximum atomic E-state index is 14.3. The first-order valence-electron chi connectivity index (χ1n) is 19.8. The molecule has 1 saturated heterocycles. The van der Waals surface area contributed by atoms with Gasteiger partial charge in [0.05, 0.1) is 42.7 Å². The van der Waals surface area contributed by atoms with Gasteiger partial charge in [0, 0.05) is 47.3 Å². The van der Waals surface area contributed by atoms with Crippen molar-refractivity contribution in [1.29, 1.82) is 0 Å². The van der Waals surface area contributed by atoms with E-state index in [1.807, 2.05) is 83.8 Å². The first kappa shape index (κ1) is 47.6. The topological polar surface area (TPSA) is 184 Å². The summed E-state index contributed by atoms with van der Waals surface area (Å²) in [6, 6.07) is 5.76. The predicted octanol–water partition coefficient (Wildman–Crippen LogP) is 2.77. The molecule has 312 valence electrons. The van der Waals surface area contributed by atoms with Gasteiger partial charge < -0.3 is 40.7 Å². The molecule has 55 heavy (non-hydrogen) atoms. The summed E-state index contributed by atoms with van der Waals surface area (Å²) in [6.45, 7) is 14.8. The number of hydrogen-bond acceptors (Lipinski definition) is 9. The standard InChI is InChI=1S/C41H70N6O8/c1-12-27(6)36(46(9)40(51)34(25(2)3)44-39(50)35(26(4)5)45(8)22-20-42)32(54-10)24-33(48)47-21-16-19-31(47)37(55-11)28(7)38(49)43-30(41(52)53)23-29-17-14-13-15-18-29/h13-15,17-18,25-28,30-32,34-37H,12,16,19-24,42H2,1-11H3,(H,43,49)(H,44,50)(H,52,53)/t27-,28+,30?,31?,32+,34?,35?,36-,37+/m0/s1. The lowest BCUT2D eigenvalue weighted by Gasteiger charge is -2.41. The Balaban J connectivity index is 2.28. The summed E-state index contributed by atoms with van der Waals surface area (Å²) in [6.07, 6.45) is 0.759. The van der Waals surface area contributed by atoms with Gasteiger partial charge in [0.1, 0.15) is 12.1 Å². The summed E-state index contributed by atoms with van der Waals surface area (Å²) >= 11 is 0. The van der Waals surface area contributed by atoms with E-state index in [1.54, 1.807) is 23.8 Å². The minimum Gasteiger partial charge on any atom is -0.480 e. The number of likely N-dealkylation sites (tertiary alicyclic amines) is 1. The van der Waals surface area contributed by atoms with Gasteiger partial charge in [-0.1, -0.05) is 85.2 Å². The van der Waals surface area contributed by atoms with Crippen molar-refractivity contribution in [3.8, 4) is 0 Å². The number of hydrogen-bond donors (Lipinski definition) is 4. The van der Waals surface area contributed by atoms with Crippen molar-refractivity contribution < 1.29 is 38.6 Å². The van der Waals surface area contributed by atoms with E-state index in [2.05, 4.69) is 10.6 Å². The average Bonchev–Trinajstić information content (AvgIpc) is 3.63. The Morgan fingerprint density at radius 1 is 0.945 bits per heavy atom. The number of benzene rings is 1. The molecule has 1 aliphatic heterocycles. The van der Waals surface area contributed by atoms with Gasteiger partial charge in [0.25, 0.3) is 0 Å². The number of methoxy groups -OCH3 is 2. The molecular formula is C41H70N6O8. The minimum absolute atomic E-state index is 0.0141. The minimum atomic E-state index is -1.14. The first-order valence-corrected chi connectivity index (χ1v) is 19.8. The quantitative estimate of drug-likeness (QED) is 0.129. The fraction of sp³-hybridized carbons (Fsp3) is 0.732. The molecule has 1 fully saturated rings. The Morgan fingerprint density at radius 3 is 2.09 bits per heavy atom. The number of carboxylic acids is 1. The van der Waals surface area contributed by atoms with Crippen LogP contribution in [-0.2, 0) is 39.9 Å². The first-order chi connectivity index (χ1) is 25.9. The molecule has 0 aliphatic carbocycles. The lowest BCUT2D eigenvalue weighted by Crippen LogP contribution is -2.60. The highest BCUT2D eigenvalue weighted by Gasteiger charge is 2.43. The molecule has 0 bridgehead atoms. The Morgan fingerprint density at radius 2 is 1.58 bits per heavy atom. The van der Waals surface area contributed by atoms with Gasteiger partial charge in [0.2, 0.25) is 23.6 Å². The van der Waals surface area contributed by atoms with Crippen LogP contribution < -0.4 is 16.4 Å². The van der Waals surface area contributed by atoms with Gasteiger partial charge in [-0.3, -0.25) is 24.1 Å². The Bertz CT molecular complexity index is 1380. The number of nitrogens with zero attached hydrogens (tertiary/aromatic N) is 3. The van der Waals surface area contributed by atoms with E-state index in [4.69, 9.17) is 15.2 Å². The van der Waals surface area contributed by atoms with E-state index < -0.39 is 60.2 Å². The van der Waals surface area contributed by atoms with Crippen molar-refractivity contribution in [2.24, 2.45) is 29.4 Å². The van der Waals surface area contributed by atoms with Crippen molar-refractivity contribution in [2.75, 3.05) is 47.9 Å². The Labute approximate surface area is 329 Å². The third kappa shape index (κ3) is 13.0. The molecule has 0 radical (unpaired) electrons. The lowest BCUT2D eigenvalue weighted by atomic mass is 9.89. The molecule has 9 atom stereocenters. The van der Waals surface area contributed by atoms with Crippen LogP contribution >= 0.6 is 0 Å². The van der Waals surface area contributed by atoms with Gasteiger partial charge in [0.15, 0.2) is 0 Å². The number of rotatable bonds is 23. The van der Waals surface area contributed by atoms with E-state index in [0.717, 1.165) is 5.56 Å². The number of aliphatic carboxylic acids is 1. The van der Waals surface area contributed by atoms with Crippen LogP contribution in [0.2, 0.25) is 0 Å². The van der Waals surface area contributed by atoms with Crippen LogP contribution in [0.1, 0.15) is 79.7 Å². The zero-order valence-electron chi connectivity index (χ0n) is 35.1. The van der Waals surface area contributed by atoms with Crippen molar-refractivity contribution in [3.05, 3.63) is 35.9 Å². The van der Waals surface area contributed by atoms with Crippen LogP contribution in [0.25, 0.3) is 0 Å². The predicted molar refractivity (Wildman–Crippen MR) is 213 cm³/mol. The highest BCUT2D eigenvalue weighted by atomic mass is 16.5. The molecule has 4 unspecified atom stereocenters. The van der Waals surface area contributed by atoms with Crippen molar-refractivity contribution >= 4 is 29.6 Å². The number of carboxylic acid groups (broad SMARTS) is 1. The average molecular weight is 775 g/mol. The van der Waals surface area contributed by atoms with Gasteiger partial charge in [-0.2, -0.15) is 0 Å². The summed E-state index contributed by atoms with van der Waals surface area (Å²) in [5, 5.41) is 15.6. The molecule has 2 rings (SSSR count). The summed E-state index contributed by atoms with van der Waals surface area (Å²) in [7, 11) is 6.59. The van der Waals surface area contributed by atoms with Crippen LogP contribution in [0.3, 0.4) is 0 Å². The number of carbonyl (C=O) groups excluding carboxylic acids is 4. The van der Waals surface area contributed by atoms with Crippen molar-refractivity contribution in [2.45, 2.75) is 123 Å². The fourth-order valence-corrected chi connectivity index (χ4v) is 7.99. The number of amides is 4. The number of ether oxygens (including phenoxy) is 2. The van der Waals surface area contributed by atoms with Crippen molar-refractivity contribution in [3.63, 3.8) is 0 Å². The fourth-order valence-electron chi connectivity index (χ4n) is 7.99. The van der Waals surface area contributed by atoms with E-state index in [9.17, 15) is 29.1 Å². The highest BCUT2D eigenvalue weighted by molar-refractivity contribution is 5.90. The van der Waals surface area contributed by atoms with Crippen LogP contribution in [0.5, 0.6) is 0 Å². The monoisotopic (exact) mass is 775 g/mol. The number of nitrogens with two attached hydrogens (primary N) is 1. The largest absolute Gasteiger partial charge is 0.480 e. The molecule has 1 aliphatic rings. The third-order valence-corrected chi connectivity index (χ3v) is 11.2. The summed E-state index contributed by atoms with van der Waals surface area (Å²) < 4.78 is 11.9. The molecule has 14 heteroatoms. The maximum absolute atomic E-state index is 14.3. The third-order valence-electron chi connectivity index (χ3n) is 11.2. The molecule has 14 nitrogen and oxygen atoms in total. The van der Waals surface area contributed by atoms with Gasteiger partial charge in [-0.05, 0) is 43.2 Å². The van der Waals surface area contributed by atoms with E-state index in [0.29, 0.717) is 38.9 Å². The molecule has 1 aromatic carbocycles. The van der Waals surface area contributed by atoms with Crippen LogP contribution in [0.15, 0.2) is 30.3 Å². The maximum Gasteiger partial charge on any atom is 0.326 e. The zero-order chi connectivity index (χ0) is 41.6. The Kier molecular flexibility index (Phi) is 19.7. The lowest BCUT2D eigenvalue weighted by molar-refractivity contribution is -0.148. The van der Waals surface area contributed by atoms with E-state index >= 15 is 0 Å². The second-order valence-corrected chi connectivity index (χ2v) is 15.9. The zero-order valence-corrected chi connectivity index (χ0v) is 35.1. The number of carbonyl (C=O) groups is 5. The smallest absolute Gasteiger partial charge is 0.326 e. The summed E-state index contributed by atoms with van der Waals surface area (Å²) in [4.78, 5) is 73.0. The van der Waals surface area contributed by atoms with Gasteiger partial charge >= 0.3 is 5.97 Å². The molecular weight excluding hydrogens is 704 g/mol. The summed E-state index contributed by atoms with van der Waals surface area (Å²) in [5.41, 5.74) is 6.57. The van der Waals surface area contributed by atoms with Crippen molar-refractivity contribution in [1.82, 2.24) is 25.3 Å². The normalized spacial score (nSPS) is 19.0. The molecule has 4 amide bonds. The summed E-state index contributed by atoms with van der Waals surface area (Å²) in [5.74, 6) is -3.36. The van der Waals surface area contributed by atoms with Gasteiger partial charge in [-0.15, -0.1) is 0 Å². The molecule has 0 saturated carbocycles. The molecule has 1 heterocycles. The molecule has 5 N–H and O–H groups in total. The van der Waals surface area contributed by atoms with Crippen LogP contribution in [0, 0.1) is 23.7 Å². The molecule has 1 aromatic rings. The molecule has 0 spiro atoms. The second-order valence-electron chi connectivity index (χ2n) is 15.9. The Hall–Kier alpha value is -3.59. The number of likely N-dealkylation sites (N-methyl/N-ethyl adjacent to an activating group) is 2.